The van der Waals surface area contributed by atoms with Crippen molar-refractivity contribution >= 4 is 11.8 Å². The van der Waals surface area contributed by atoms with E-state index in [4.69, 9.17) is 9.47 Å². The van der Waals surface area contributed by atoms with Crippen LogP contribution in [0.5, 0.6) is 11.5 Å². The molecular formula is C27H29FN2O4. The molecule has 3 aromatic rings. The summed E-state index contributed by atoms with van der Waals surface area (Å²) in [5, 5.41) is 2.85. The van der Waals surface area contributed by atoms with Gasteiger partial charge in [0.1, 0.15) is 23.4 Å². The minimum absolute atomic E-state index is 0.192. The highest BCUT2D eigenvalue weighted by Gasteiger charge is 2.30. The molecule has 1 N–H and O–H groups in total. The number of benzene rings is 3. The third kappa shape index (κ3) is 7.07. The van der Waals surface area contributed by atoms with E-state index in [-0.39, 0.29) is 25.0 Å². The first-order valence-corrected chi connectivity index (χ1v) is 11.1. The molecule has 0 spiro atoms. The lowest BCUT2D eigenvalue weighted by Gasteiger charge is -2.31. The molecule has 178 valence electrons. The van der Waals surface area contributed by atoms with Gasteiger partial charge < -0.3 is 19.7 Å². The summed E-state index contributed by atoms with van der Waals surface area (Å²) < 4.78 is 24.1. The Morgan fingerprint density at radius 2 is 1.65 bits per heavy atom. The van der Waals surface area contributed by atoms with E-state index in [2.05, 4.69) is 5.32 Å². The molecule has 6 nitrogen and oxygen atoms in total. The largest absolute Gasteiger partial charge is 0.497 e. The zero-order chi connectivity index (χ0) is 24.3. The van der Waals surface area contributed by atoms with Gasteiger partial charge in [-0.15, -0.1) is 0 Å². The van der Waals surface area contributed by atoms with E-state index in [1.54, 1.807) is 7.11 Å². The van der Waals surface area contributed by atoms with Crippen LogP contribution in [0.4, 0.5) is 4.39 Å². The first-order chi connectivity index (χ1) is 16.5. The number of methoxy groups -OCH3 is 1. The number of nitrogens with zero attached hydrogens (tertiary/aromatic N) is 1. The van der Waals surface area contributed by atoms with Crippen LogP contribution in [0.2, 0.25) is 0 Å². The zero-order valence-electron chi connectivity index (χ0n) is 19.4. The van der Waals surface area contributed by atoms with Gasteiger partial charge in [-0.25, -0.2) is 4.39 Å². The molecule has 0 aliphatic carbocycles. The molecule has 3 rings (SSSR count). The third-order valence-corrected chi connectivity index (χ3v) is 5.29. The normalized spacial score (nSPS) is 11.4. The summed E-state index contributed by atoms with van der Waals surface area (Å²) in [6.07, 6.45) is 0.346. The Bertz CT molecular complexity index is 1070. The monoisotopic (exact) mass is 464 g/mol. The first kappa shape index (κ1) is 24.8. The van der Waals surface area contributed by atoms with E-state index in [0.717, 1.165) is 11.1 Å². The number of amides is 2. The maximum atomic E-state index is 13.4. The van der Waals surface area contributed by atoms with Crippen molar-refractivity contribution < 1.29 is 23.5 Å². The summed E-state index contributed by atoms with van der Waals surface area (Å²) in [5.41, 5.74) is 1.75. The lowest BCUT2D eigenvalue weighted by atomic mass is 10.0. The van der Waals surface area contributed by atoms with E-state index >= 15 is 0 Å². The SMILES string of the molecule is CCNC(=O)[C@H](Cc1ccccc1)N(Cc1cccc(OC)c1)C(=O)COc1ccc(F)cc1. The molecule has 3 aromatic carbocycles. The molecule has 0 aliphatic rings. The molecule has 7 heteroatoms. The molecule has 0 aliphatic heterocycles. The average Bonchev–Trinajstić information content (AvgIpc) is 2.86. The average molecular weight is 465 g/mol. The highest BCUT2D eigenvalue weighted by atomic mass is 19.1. The number of halogens is 1. The molecule has 34 heavy (non-hydrogen) atoms. The van der Waals surface area contributed by atoms with Crippen LogP contribution in [0.3, 0.4) is 0 Å². The number of carbonyl (C=O) groups is 2. The van der Waals surface area contributed by atoms with Crippen molar-refractivity contribution in [2.45, 2.75) is 25.9 Å². The highest BCUT2D eigenvalue weighted by molar-refractivity contribution is 5.88. The Balaban J connectivity index is 1.89. The van der Waals surface area contributed by atoms with Crippen molar-refractivity contribution in [3.63, 3.8) is 0 Å². The third-order valence-electron chi connectivity index (χ3n) is 5.29. The molecule has 0 fully saturated rings. The highest BCUT2D eigenvalue weighted by Crippen LogP contribution is 2.19. The number of ether oxygens (including phenoxy) is 2. The summed E-state index contributed by atoms with van der Waals surface area (Å²) >= 11 is 0. The Morgan fingerprint density at radius 1 is 0.941 bits per heavy atom. The van der Waals surface area contributed by atoms with E-state index in [1.165, 1.54) is 29.2 Å². The number of hydrogen-bond acceptors (Lipinski definition) is 4. The predicted octanol–water partition coefficient (Wildman–Crippen LogP) is 3.99. The van der Waals surface area contributed by atoms with Crippen molar-refractivity contribution in [2.75, 3.05) is 20.3 Å². The quantitative estimate of drug-likeness (QED) is 0.466. The second kappa shape index (κ2) is 12.4. The van der Waals surface area contributed by atoms with Crippen LogP contribution in [-0.4, -0.2) is 43.0 Å². The summed E-state index contributed by atoms with van der Waals surface area (Å²) in [6.45, 7) is 2.18. The van der Waals surface area contributed by atoms with Gasteiger partial charge in [0, 0.05) is 19.5 Å². The van der Waals surface area contributed by atoms with Gasteiger partial charge in [-0.1, -0.05) is 42.5 Å². The van der Waals surface area contributed by atoms with Crippen LogP contribution in [0.1, 0.15) is 18.1 Å². The molecular weight excluding hydrogens is 435 g/mol. The van der Waals surface area contributed by atoms with E-state index < -0.39 is 11.9 Å². The topological polar surface area (TPSA) is 67.9 Å². The smallest absolute Gasteiger partial charge is 0.261 e. The summed E-state index contributed by atoms with van der Waals surface area (Å²) in [5.74, 6) is 0.0278. The summed E-state index contributed by atoms with van der Waals surface area (Å²) in [6, 6.07) is 21.6. The van der Waals surface area contributed by atoms with Crippen molar-refractivity contribution in [1.29, 1.82) is 0 Å². The Morgan fingerprint density at radius 3 is 2.32 bits per heavy atom. The molecule has 1 atom stereocenters. The number of nitrogens with one attached hydrogen (secondary N) is 1. The molecule has 0 unspecified atom stereocenters. The Kier molecular flexibility index (Phi) is 9.03. The van der Waals surface area contributed by atoms with Crippen LogP contribution < -0.4 is 14.8 Å². The minimum atomic E-state index is -0.752. The van der Waals surface area contributed by atoms with Gasteiger partial charge >= 0.3 is 0 Å². The van der Waals surface area contributed by atoms with Crippen LogP contribution in [0.25, 0.3) is 0 Å². The van der Waals surface area contributed by atoms with Crippen molar-refractivity contribution in [3.8, 4) is 11.5 Å². The van der Waals surface area contributed by atoms with Gasteiger partial charge in [0.25, 0.3) is 5.91 Å². The number of carbonyl (C=O) groups excluding carboxylic acids is 2. The molecule has 0 bridgehead atoms. The minimum Gasteiger partial charge on any atom is -0.497 e. The lowest BCUT2D eigenvalue weighted by molar-refractivity contribution is -0.142. The molecule has 0 saturated carbocycles. The van der Waals surface area contributed by atoms with Crippen molar-refractivity contribution in [1.82, 2.24) is 10.2 Å². The molecule has 0 radical (unpaired) electrons. The van der Waals surface area contributed by atoms with Crippen LogP contribution in [0.15, 0.2) is 78.9 Å². The lowest BCUT2D eigenvalue weighted by Crippen LogP contribution is -2.51. The molecule has 0 heterocycles. The first-order valence-electron chi connectivity index (χ1n) is 11.1. The second-order valence-corrected chi connectivity index (χ2v) is 7.72. The number of rotatable bonds is 11. The maximum Gasteiger partial charge on any atom is 0.261 e. The predicted molar refractivity (Wildman–Crippen MR) is 128 cm³/mol. The molecule has 0 saturated heterocycles. The van der Waals surface area contributed by atoms with E-state index in [9.17, 15) is 14.0 Å². The molecule has 0 aromatic heterocycles. The van der Waals surface area contributed by atoms with Gasteiger partial charge in [-0.3, -0.25) is 9.59 Å². The van der Waals surface area contributed by atoms with Crippen molar-refractivity contribution in [3.05, 3.63) is 95.8 Å². The van der Waals surface area contributed by atoms with Gasteiger partial charge in [-0.2, -0.15) is 0 Å². The fourth-order valence-corrected chi connectivity index (χ4v) is 3.57. The molecule has 2 amide bonds. The van der Waals surface area contributed by atoms with Crippen LogP contribution >= 0.6 is 0 Å². The van der Waals surface area contributed by atoms with E-state index in [1.807, 2.05) is 61.5 Å². The van der Waals surface area contributed by atoms with Gasteiger partial charge in [0.15, 0.2) is 6.61 Å². The zero-order valence-corrected chi connectivity index (χ0v) is 19.4. The summed E-state index contributed by atoms with van der Waals surface area (Å²) in [4.78, 5) is 28.0. The number of likely N-dealkylation sites (N-methyl/N-ethyl adjacent to an activating group) is 1. The maximum absolute atomic E-state index is 13.4. The van der Waals surface area contributed by atoms with Crippen molar-refractivity contribution in [2.24, 2.45) is 0 Å². The fraction of sp³-hybridized carbons (Fsp3) is 0.259. The fourth-order valence-electron chi connectivity index (χ4n) is 3.57. The Labute approximate surface area is 199 Å². The number of hydrogen-bond donors (Lipinski definition) is 1. The van der Waals surface area contributed by atoms with Gasteiger partial charge in [0.2, 0.25) is 5.91 Å². The summed E-state index contributed by atoms with van der Waals surface area (Å²) in [7, 11) is 1.57. The van der Waals surface area contributed by atoms with Crippen LogP contribution in [0, 0.1) is 5.82 Å². The Hall–Kier alpha value is -3.87. The van der Waals surface area contributed by atoms with Gasteiger partial charge in [-0.05, 0) is 54.4 Å². The van der Waals surface area contributed by atoms with Crippen LogP contribution in [-0.2, 0) is 22.6 Å². The second-order valence-electron chi connectivity index (χ2n) is 7.72. The van der Waals surface area contributed by atoms with Gasteiger partial charge in [0.05, 0.1) is 7.11 Å². The van der Waals surface area contributed by atoms with E-state index in [0.29, 0.717) is 24.5 Å². The standard InChI is InChI=1S/C27H29FN2O4/c1-3-29-27(32)25(17-20-8-5-4-6-9-20)30(18-21-10-7-11-24(16-21)33-2)26(31)19-34-23-14-12-22(28)13-15-23/h4-16,25H,3,17-19H2,1-2H3,(H,29,32)/t25-/m0/s1.